The molecule has 0 spiro atoms. The van der Waals surface area contributed by atoms with E-state index in [2.05, 4.69) is 0 Å². The van der Waals surface area contributed by atoms with Gasteiger partial charge in [-0.3, -0.25) is 0 Å². The van der Waals surface area contributed by atoms with E-state index in [0.717, 1.165) is 19.1 Å². The molecule has 0 N–H and O–H groups in total. The van der Waals surface area contributed by atoms with Gasteiger partial charge in [0.2, 0.25) is 0 Å². The first kappa shape index (κ1) is 18.9. The smallest absolute Gasteiger partial charge is 0.179 e. The van der Waals surface area contributed by atoms with Crippen molar-refractivity contribution in [1.82, 2.24) is 0 Å². The standard InChI is InChI=1S/C17H23ClO3S/c1-3-5-11-17(13-19,12-6-4-2)14-22(20,21)16-9-7-15(18)8-10-16/h3,5,7-10,13H,4,6,11-12,14H2,1-2H3. The fourth-order valence-corrected chi connectivity index (χ4v) is 4.29. The fourth-order valence-electron chi connectivity index (χ4n) is 2.36. The zero-order valence-electron chi connectivity index (χ0n) is 13.1. The van der Waals surface area contributed by atoms with Crippen LogP contribution in [0.3, 0.4) is 0 Å². The van der Waals surface area contributed by atoms with E-state index in [1.165, 1.54) is 12.1 Å². The number of sulfone groups is 1. The third kappa shape index (κ3) is 5.25. The van der Waals surface area contributed by atoms with Crippen LogP contribution >= 0.6 is 11.6 Å². The molecule has 0 fully saturated rings. The lowest BCUT2D eigenvalue weighted by molar-refractivity contribution is -0.115. The summed E-state index contributed by atoms with van der Waals surface area (Å²) in [7, 11) is -3.53. The summed E-state index contributed by atoms with van der Waals surface area (Å²) in [6, 6.07) is 6.08. The number of aldehydes is 1. The minimum absolute atomic E-state index is 0.171. The zero-order chi connectivity index (χ0) is 16.6. The number of allylic oxidation sites excluding steroid dienone is 2. The topological polar surface area (TPSA) is 51.2 Å². The molecular weight excluding hydrogens is 320 g/mol. The van der Waals surface area contributed by atoms with Gasteiger partial charge in [0, 0.05) is 10.4 Å². The molecule has 1 rings (SSSR count). The Morgan fingerprint density at radius 3 is 2.36 bits per heavy atom. The van der Waals surface area contributed by atoms with Crippen molar-refractivity contribution < 1.29 is 13.2 Å². The highest BCUT2D eigenvalue weighted by atomic mass is 35.5. The van der Waals surface area contributed by atoms with Crippen LogP contribution in [0.2, 0.25) is 5.02 Å². The molecule has 1 unspecified atom stereocenters. The molecule has 0 aliphatic rings. The molecular formula is C17H23ClO3S. The van der Waals surface area contributed by atoms with Crippen LogP contribution in [0.1, 0.15) is 39.5 Å². The molecule has 0 heterocycles. The van der Waals surface area contributed by atoms with Crippen LogP contribution in [0.15, 0.2) is 41.3 Å². The van der Waals surface area contributed by atoms with Crippen LogP contribution < -0.4 is 0 Å². The molecule has 1 atom stereocenters. The lowest BCUT2D eigenvalue weighted by Crippen LogP contribution is -2.31. The van der Waals surface area contributed by atoms with Crippen LogP contribution in [0.5, 0.6) is 0 Å². The van der Waals surface area contributed by atoms with Gasteiger partial charge in [-0.15, -0.1) is 0 Å². The first-order chi connectivity index (χ1) is 10.4. The maximum Gasteiger partial charge on any atom is 0.179 e. The number of halogens is 1. The Hall–Kier alpha value is -1.13. The fraction of sp³-hybridized carbons (Fsp3) is 0.471. The van der Waals surface area contributed by atoms with Gasteiger partial charge in [-0.25, -0.2) is 8.42 Å². The molecule has 3 nitrogen and oxygen atoms in total. The third-order valence-electron chi connectivity index (χ3n) is 3.69. The average Bonchev–Trinajstić information content (AvgIpc) is 2.50. The molecule has 22 heavy (non-hydrogen) atoms. The van der Waals surface area contributed by atoms with Crippen molar-refractivity contribution >= 4 is 27.7 Å². The highest BCUT2D eigenvalue weighted by Crippen LogP contribution is 2.32. The maximum atomic E-state index is 12.6. The number of hydrogen-bond donors (Lipinski definition) is 0. The minimum Gasteiger partial charge on any atom is -0.303 e. The van der Waals surface area contributed by atoms with Gasteiger partial charge < -0.3 is 4.79 Å². The van der Waals surface area contributed by atoms with Gasteiger partial charge in [0.1, 0.15) is 6.29 Å². The monoisotopic (exact) mass is 342 g/mol. The normalized spacial score (nSPS) is 14.9. The lowest BCUT2D eigenvalue weighted by Gasteiger charge is -2.26. The lowest BCUT2D eigenvalue weighted by atomic mass is 9.83. The predicted molar refractivity (Wildman–Crippen MR) is 91.0 cm³/mol. The van der Waals surface area contributed by atoms with Crippen molar-refractivity contribution in [3.63, 3.8) is 0 Å². The van der Waals surface area contributed by atoms with Crippen LogP contribution in [-0.4, -0.2) is 20.5 Å². The van der Waals surface area contributed by atoms with Crippen LogP contribution in [0.25, 0.3) is 0 Å². The van der Waals surface area contributed by atoms with Crippen molar-refractivity contribution in [2.75, 3.05) is 5.75 Å². The van der Waals surface area contributed by atoms with Gasteiger partial charge in [0.25, 0.3) is 0 Å². The summed E-state index contributed by atoms with van der Waals surface area (Å²) in [6.07, 6.45) is 7.29. The van der Waals surface area contributed by atoms with E-state index in [1.54, 1.807) is 12.1 Å². The Bertz CT molecular complexity index is 605. The molecule has 0 radical (unpaired) electrons. The Morgan fingerprint density at radius 1 is 1.23 bits per heavy atom. The summed E-state index contributed by atoms with van der Waals surface area (Å²) in [5, 5.41) is 0.487. The van der Waals surface area contributed by atoms with Crippen LogP contribution in [0.4, 0.5) is 0 Å². The number of carbonyl (C=O) groups is 1. The Kier molecular flexibility index (Phi) is 7.30. The van der Waals surface area contributed by atoms with Gasteiger partial charge in [0.05, 0.1) is 10.6 Å². The van der Waals surface area contributed by atoms with E-state index in [4.69, 9.17) is 11.6 Å². The molecule has 0 aliphatic heterocycles. The highest BCUT2D eigenvalue weighted by molar-refractivity contribution is 7.91. The summed E-state index contributed by atoms with van der Waals surface area (Å²) in [5.74, 6) is -0.171. The highest BCUT2D eigenvalue weighted by Gasteiger charge is 2.34. The number of rotatable bonds is 9. The van der Waals surface area contributed by atoms with Gasteiger partial charge in [-0.2, -0.15) is 0 Å². The van der Waals surface area contributed by atoms with E-state index in [-0.39, 0.29) is 10.6 Å². The van der Waals surface area contributed by atoms with Crippen molar-refractivity contribution in [3.05, 3.63) is 41.4 Å². The number of hydrogen-bond acceptors (Lipinski definition) is 3. The van der Waals surface area contributed by atoms with Crippen molar-refractivity contribution in [2.45, 2.75) is 44.4 Å². The second-order valence-electron chi connectivity index (χ2n) is 5.57. The molecule has 0 saturated heterocycles. The summed E-state index contributed by atoms with van der Waals surface area (Å²) < 4.78 is 25.2. The molecule has 0 amide bonds. The van der Waals surface area contributed by atoms with Gasteiger partial charge >= 0.3 is 0 Å². The zero-order valence-corrected chi connectivity index (χ0v) is 14.7. The summed E-state index contributed by atoms with van der Waals surface area (Å²) in [4.78, 5) is 11.9. The summed E-state index contributed by atoms with van der Waals surface area (Å²) in [5.41, 5.74) is -0.860. The second-order valence-corrected chi connectivity index (χ2v) is 8.00. The van der Waals surface area contributed by atoms with E-state index in [1.807, 2.05) is 26.0 Å². The molecule has 0 aliphatic carbocycles. The molecule has 0 aromatic heterocycles. The van der Waals surface area contributed by atoms with E-state index in [9.17, 15) is 13.2 Å². The van der Waals surface area contributed by atoms with Crippen LogP contribution in [-0.2, 0) is 14.6 Å². The summed E-state index contributed by atoms with van der Waals surface area (Å²) >= 11 is 5.80. The molecule has 1 aromatic rings. The second kappa shape index (κ2) is 8.49. The van der Waals surface area contributed by atoms with Crippen LogP contribution in [0, 0.1) is 5.41 Å². The van der Waals surface area contributed by atoms with E-state index >= 15 is 0 Å². The predicted octanol–water partition coefficient (Wildman–Crippen LogP) is 4.46. The number of unbranched alkanes of at least 4 members (excludes halogenated alkanes) is 1. The third-order valence-corrected chi connectivity index (χ3v) is 5.89. The van der Waals surface area contributed by atoms with E-state index in [0.29, 0.717) is 17.9 Å². The first-order valence-electron chi connectivity index (χ1n) is 7.45. The first-order valence-corrected chi connectivity index (χ1v) is 9.48. The number of carbonyl (C=O) groups excluding carboxylic acids is 1. The van der Waals surface area contributed by atoms with Gasteiger partial charge in [-0.1, -0.05) is 43.5 Å². The maximum absolute atomic E-state index is 12.6. The molecule has 5 heteroatoms. The Morgan fingerprint density at radius 2 is 1.86 bits per heavy atom. The quantitative estimate of drug-likeness (QED) is 0.492. The van der Waals surface area contributed by atoms with E-state index < -0.39 is 15.3 Å². The van der Waals surface area contributed by atoms with Gasteiger partial charge in [0.15, 0.2) is 9.84 Å². The average molecular weight is 343 g/mol. The van der Waals surface area contributed by atoms with Crippen molar-refractivity contribution in [2.24, 2.45) is 5.41 Å². The van der Waals surface area contributed by atoms with Gasteiger partial charge in [-0.05, 0) is 44.0 Å². The Labute approximate surface area is 138 Å². The SMILES string of the molecule is CC=CCC(C=O)(CCCC)CS(=O)(=O)c1ccc(Cl)cc1. The largest absolute Gasteiger partial charge is 0.303 e. The molecule has 122 valence electrons. The molecule has 1 aromatic carbocycles. The summed E-state index contributed by atoms with van der Waals surface area (Å²) in [6.45, 7) is 3.89. The molecule has 0 bridgehead atoms. The van der Waals surface area contributed by atoms with Crippen molar-refractivity contribution in [3.8, 4) is 0 Å². The number of benzene rings is 1. The minimum atomic E-state index is -3.53. The molecule has 0 saturated carbocycles. The Balaban J connectivity index is 3.09. The van der Waals surface area contributed by atoms with Crippen molar-refractivity contribution in [1.29, 1.82) is 0 Å².